The van der Waals surface area contributed by atoms with Crippen LogP contribution in [0.15, 0.2) is 30.3 Å². The Labute approximate surface area is 106 Å². The summed E-state index contributed by atoms with van der Waals surface area (Å²) in [5.74, 6) is -1.34. The lowest BCUT2D eigenvalue weighted by atomic mass is 10.1. The average molecular weight is 250 g/mol. The van der Waals surface area contributed by atoms with Crippen molar-refractivity contribution < 1.29 is 14.7 Å². The lowest BCUT2D eigenvalue weighted by molar-refractivity contribution is -0.142. The molecule has 5 nitrogen and oxygen atoms in total. The van der Waals surface area contributed by atoms with Crippen LogP contribution in [0.2, 0.25) is 0 Å². The largest absolute Gasteiger partial charge is 0.480 e. The second-order valence-corrected chi connectivity index (χ2v) is 4.02. The molecule has 0 saturated carbocycles. The Balaban J connectivity index is 2.48. The lowest BCUT2D eigenvalue weighted by Crippen LogP contribution is -2.41. The van der Waals surface area contributed by atoms with Gasteiger partial charge < -0.3 is 16.2 Å². The van der Waals surface area contributed by atoms with E-state index in [4.69, 9.17) is 10.8 Å². The fourth-order valence-electron chi connectivity index (χ4n) is 1.61. The topological polar surface area (TPSA) is 92.4 Å². The third-order valence-corrected chi connectivity index (χ3v) is 2.57. The number of aryl methyl sites for hydroxylation is 1. The van der Waals surface area contributed by atoms with E-state index in [0.29, 0.717) is 12.8 Å². The van der Waals surface area contributed by atoms with Gasteiger partial charge in [-0.3, -0.25) is 4.79 Å². The van der Waals surface area contributed by atoms with Crippen molar-refractivity contribution in [3.05, 3.63) is 35.9 Å². The summed E-state index contributed by atoms with van der Waals surface area (Å²) >= 11 is 0. The highest BCUT2D eigenvalue weighted by atomic mass is 16.4. The Bertz CT molecular complexity index is 392. The third kappa shape index (κ3) is 4.97. The smallest absolute Gasteiger partial charge is 0.326 e. The van der Waals surface area contributed by atoms with E-state index in [1.54, 1.807) is 0 Å². The van der Waals surface area contributed by atoms with Crippen molar-refractivity contribution in [3.8, 4) is 0 Å². The van der Waals surface area contributed by atoms with Crippen LogP contribution in [-0.4, -0.2) is 29.6 Å². The molecule has 98 valence electrons. The summed E-state index contributed by atoms with van der Waals surface area (Å²) < 4.78 is 0. The molecule has 0 heterocycles. The number of carboxylic acid groups (broad SMARTS) is 1. The van der Waals surface area contributed by atoms with E-state index >= 15 is 0 Å². The number of nitrogens with one attached hydrogen (secondary N) is 1. The molecule has 1 amide bonds. The van der Waals surface area contributed by atoms with E-state index in [0.717, 1.165) is 5.56 Å². The number of benzene rings is 1. The molecule has 18 heavy (non-hydrogen) atoms. The van der Waals surface area contributed by atoms with Crippen LogP contribution in [0, 0.1) is 0 Å². The first-order chi connectivity index (χ1) is 8.63. The fraction of sp³-hybridized carbons (Fsp3) is 0.385. The minimum atomic E-state index is -1.02. The molecule has 1 atom stereocenters. The third-order valence-electron chi connectivity index (χ3n) is 2.57. The first-order valence-corrected chi connectivity index (χ1v) is 5.89. The first-order valence-electron chi connectivity index (χ1n) is 5.89. The quantitative estimate of drug-likeness (QED) is 0.658. The van der Waals surface area contributed by atoms with Gasteiger partial charge in [0.25, 0.3) is 0 Å². The number of carboxylic acids is 1. The van der Waals surface area contributed by atoms with Crippen molar-refractivity contribution >= 4 is 11.9 Å². The van der Waals surface area contributed by atoms with Crippen LogP contribution >= 0.6 is 0 Å². The van der Waals surface area contributed by atoms with Gasteiger partial charge in [0.1, 0.15) is 6.04 Å². The number of aliphatic carboxylic acids is 1. The standard InChI is InChI=1S/C13H18N2O3/c14-9-8-12(16)15-11(13(17)18)7-6-10-4-2-1-3-5-10/h1-5,11H,6-9,14H2,(H,15,16)(H,17,18)/t11-/m0/s1. The zero-order chi connectivity index (χ0) is 13.4. The molecule has 1 rings (SSSR count). The zero-order valence-electron chi connectivity index (χ0n) is 10.1. The van der Waals surface area contributed by atoms with E-state index < -0.39 is 12.0 Å². The van der Waals surface area contributed by atoms with Crippen molar-refractivity contribution in [2.24, 2.45) is 5.73 Å². The van der Waals surface area contributed by atoms with Crippen LogP contribution < -0.4 is 11.1 Å². The second-order valence-electron chi connectivity index (χ2n) is 4.02. The number of amides is 1. The van der Waals surface area contributed by atoms with E-state index in [2.05, 4.69) is 5.32 Å². The predicted molar refractivity (Wildman–Crippen MR) is 68.0 cm³/mol. The molecule has 0 spiro atoms. The van der Waals surface area contributed by atoms with Crippen LogP contribution in [0.1, 0.15) is 18.4 Å². The molecular weight excluding hydrogens is 232 g/mol. The number of hydrogen-bond acceptors (Lipinski definition) is 3. The van der Waals surface area contributed by atoms with Gasteiger partial charge in [-0.25, -0.2) is 4.79 Å². The minimum Gasteiger partial charge on any atom is -0.480 e. The number of carbonyl (C=O) groups excluding carboxylic acids is 1. The van der Waals surface area contributed by atoms with Gasteiger partial charge in [0.2, 0.25) is 5.91 Å². The van der Waals surface area contributed by atoms with Crippen molar-refractivity contribution in [1.29, 1.82) is 0 Å². The normalized spacial score (nSPS) is 11.8. The Hall–Kier alpha value is -1.88. The molecule has 0 radical (unpaired) electrons. The highest BCUT2D eigenvalue weighted by molar-refractivity contribution is 5.83. The predicted octanol–water partition coefficient (Wildman–Crippen LogP) is 0.537. The molecule has 0 aliphatic rings. The molecule has 4 N–H and O–H groups in total. The Morgan fingerprint density at radius 1 is 1.28 bits per heavy atom. The second kappa shape index (κ2) is 7.45. The Kier molecular flexibility index (Phi) is 5.87. The van der Waals surface area contributed by atoms with Gasteiger partial charge in [0.05, 0.1) is 0 Å². The summed E-state index contributed by atoms with van der Waals surface area (Å²) in [6, 6.07) is 8.71. The summed E-state index contributed by atoms with van der Waals surface area (Å²) in [6.45, 7) is 0.219. The van der Waals surface area contributed by atoms with Gasteiger partial charge >= 0.3 is 5.97 Å². The maximum Gasteiger partial charge on any atom is 0.326 e. The lowest BCUT2D eigenvalue weighted by Gasteiger charge is -2.14. The molecule has 1 aromatic carbocycles. The molecule has 0 unspecified atom stereocenters. The number of nitrogens with two attached hydrogens (primary N) is 1. The fourth-order valence-corrected chi connectivity index (χ4v) is 1.61. The van der Waals surface area contributed by atoms with Crippen molar-refractivity contribution in [3.63, 3.8) is 0 Å². The molecule has 0 aliphatic carbocycles. The van der Waals surface area contributed by atoms with Crippen LogP contribution in [0.3, 0.4) is 0 Å². The molecular formula is C13H18N2O3. The first kappa shape index (κ1) is 14.2. The summed E-state index contributed by atoms with van der Waals surface area (Å²) in [5, 5.41) is 11.5. The number of carbonyl (C=O) groups is 2. The highest BCUT2D eigenvalue weighted by Gasteiger charge is 2.19. The van der Waals surface area contributed by atoms with Crippen molar-refractivity contribution in [1.82, 2.24) is 5.32 Å². The average Bonchev–Trinajstić information content (AvgIpc) is 2.35. The van der Waals surface area contributed by atoms with Gasteiger partial charge in [0, 0.05) is 13.0 Å². The van der Waals surface area contributed by atoms with Gasteiger partial charge in [-0.15, -0.1) is 0 Å². The molecule has 0 aliphatic heterocycles. The summed E-state index contributed by atoms with van der Waals surface area (Å²) in [6.07, 6.45) is 1.13. The van der Waals surface area contributed by atoms with E-state index in [1.807, 2.05) is 30.3 Å². The summed E-state index contributed by atoms with van der Waals surface area (Å²) in [4.78, 5) is 22.3. The molecule has 1 aromatic rings. The Morgan fingerprint density at radius 3 is 2.50 bits per heavy atom. The monoisotopic (exact) mass is 250 g/mol. The Morgan fingerprint density at radius 2 is 1.94 bits per heavy atom. The van der Waals surface area contributed by atoms with Crippen LogP contribution in [0.4, 0.5) is 0 Å². The van der Waals surface area contributed by atoms with Crippen LogP contribution in [0.25, 0.3) is 0 Å². The summed E-state index contributed by atoms with van der Waals surface area (Å²) in [7, 11) is 0. The van der Waals surface area contributed by atoms with Crippen LogP contribution in [0.5, 0.6) is 0 Å². The molecule has 0 bridgehead atoms. The molecule has 0 fully saturated rings. The molecule has 5 heteroatoms. The van der Waals surface area contributed by atoms with E-state index in [9.17, 15) is 9.59 Å². The SMILES string of the molecule is NCCC(=O)N[C@@H](CCc1ccccc1)C(=O)O. The number of hydrogen-bond donors (Lipinski definition) is 3. The van der Waals surface area contributed by atoms with Gasteiger partial charge in [-0.1, -0.05) is 30.3 Å². The maximum absolute atomic E-state index is 11.3. The maximum atomic E-state index is 11.3. The van der Waals surface area contributed by atoms with Crippen molar-refractivity contribution in [2.75, 3.05) is 6.54 Å². The highest BCUT2D eigenvalue weighted by Crippen LogP contribution is 2.05. The van der Waals surface area contributed by atoms with E-state index in [-0.39, 0.29) is 18.9 Å². The van der Waals surface area contributed by atoms with E-state index in [1.165, 1.54) is 0 Å². The van der Waals surface area contributed by atoms with Crippen LogP contribution in [-0.2, 0) is 16.0 Å². The minimum absolute atomic E-state index is 0.148. The molecule has 0 aromatic heterocycles. The van der Waals surface area contributed by atoms with Gasteiger partial charge in [-0.2, -0.15) is 0 Å². The van der Waals surface area contributed by atoms with Gasteiger partial charge in [0.15, 0.2) is 0 Å². The van der Waals surface area contributed by atoms with Crippen molar-refractivity contribution in [2.45, 2.75) is 25.3 Å². The van der Waals surface area contributed by atoms with Gasteiger partial charge in [-0.05, 0) is 18.4 Å². The summed E-state index contributed by atoms with van der Waals surface area (Å²) in [5.41, 5.74) is 6.29. The number of rotatable bonds is 7. The molecule has 0 saturated heterocycles. The zero-order valence-corrected chi connectivity index (χ0v) is 10.1.